The summed E-state index contributed by atoms with van der Waals surface area (Å²) >= 11 is 0. The number of amides is 1. The molecule has 110 valence electrons. The number of carbonyl (C=O) groups is 1. The van der Waals surface area contributed by atoms with E-state index in [1.54, 1.807) is 0 Å². The zero-order chi connectivity index (χ0) is 13.5. The predicted octanol–water partition coefficient (Wildman–Crippen LogP) is -0.118. The number of carbonyl (C=O) groups excluding carboxylic acids is 1. The van der Waals surface area contributed by atoms with Crippen molar-refractivity contribution in [3.63, 3.8) is 0 Å². The molecule has 1 amide bonds. The third-order valence-corrected chi connectivity index (χ3v) is 4.31. The maximum absolute atomic E-state index is 11.8. The van der Waals surface area contributed by atoms with E-state index in [1.807, 2.05) is 0 Å². The van der Waals surface area contributed by atoms with Gasteiger partial charge in [-0.05, 0) is 19.9 Å². The number of hydrogen-bond acceptors (Lipinski definition) is 4. The average Bonchev–Trinajstić information content (AvgIpc) is 2.93. The summed E-state index contributed by atoms with van der Waals surface area (Å²) in [5.74, 6) is 0.168. The number of likely N-dealkylation sites (N-methyl/N-ethyl adjacent to an activating group) is 1. The first-order valence-electron chi connectivity index (χ1n) is 7.66. The summed E-state index contributed by atoms with van der Waals surface area (Å²) in [6, 6.07) is 0.741. The Morgan fingerprint density at radius 3 is 2.68 bits per heavy atom. The molecule has 5 heteroatoms. The molecule has 2 N–H and O–H groups in total. The lowest BCUT2D eigenvalue weighted by molar-refractivity contribution is -0.122. The second-order valence-electron chi connectivity index (χ2n) is 5.79. The molecule has 2 rings (SSSR count). The van der Waals surface area contributed by atoms with Crippen molar-refractivity contribution in [1.29, 1.82) is 0 Å². The van der Waals surface area contributed by atoms with Crippen LogP contribution in [0.25, 0.3) is 0 Å². The van der Waals surface area contributed by atoms with Crippen LogP contribution >= 0.6 is 0 Å². The number of nitrogens with one attached hydrogen (secondary N) is 2. The van der Waals surface area contributed by atoms with Crippen molar-refractivity contribution in [2.45, 2.75) is 31.7 Å². The van der Waals surface area contributed by atoms with E-state index in [0.29, 0.717) is 6.54 Å². The molecule has 0 atom stereocenters. The van der Waals surface area contributed by atoms with E-state index in [2.05, 4.69) is 27.5 Å². The number of hydrogen-bond donors (Lipinski definition) is 2. The molecule has 1 saturated heterocycles. The highest BCUT2D eigenvalue weighted by Gasteiger charge is 2.19. The van der Waals surface area contributed by atoms with E-state index >= 15 is 0 Å². The van der Waals surface area contributed by atoms with Crippen molar-refractivity contribution in [1.82, 2.24) is 20.4 Å². The fraction of sp³-hybridized carbons (Fsp3) is 0.929. The quantitative estimate of drug-likeness (QED) is 0.705. The van der Waals surface area contributed by atoms with Gasteiger partial charge in [-0.25, -0.2) is 0 Å². The Balaban J connectivity index is 1.55. The molecule has 0 bridgehead atoms. The summed E-state index contributed by atoms with van der Waals surface area (Å²) in [6.07, 6.45) is 5.38. The minimum atomic E-state index is 0.168. The smallest absolute Gasteiger partial charge is 0.234 e. The highest BCUT2D eigenvalue weighted by molar-refractivity contribution is 5.78. The van der Waals surface area contributed by atoms with Crippen LogP contribution in [0.4, 0.5) is 0 Å². The van der Waals surface area contributed by atoms with Crippen LogP contribution in [-0.2, 0) is 4.79 Å². The van der Waals surface area contributed by atoms with Gasteiger partial charge in [-0.1, -0.05) is 12.8 Å². The fourth-order valence-corrected chi connectivity index (χ4v) is 3.03. The van der Waals surface area contributed by atoms with E-state index < -0.39 is 0 Å². The molecule has 0 spiro atoms. The minimum Gasteiger partial charge on any atom is -0.354 e. The predicted molar refractivity (Wildman–Crippen MR) is 77.2 cm³/mol. The van der Waals surface area contributed by atoms with Crippen molar-refractivity contribution in [3.8, 4) is 0 Å². The first-order chi connectivity index (χ1) is 9.25. The summed E-state index contributed by atoms with van der Waals surface area (Å²) in [4.78, 5) is 16.4. The molecule has 0 aromatic carbocycles. The molecule has 0 aromatic rings. The molecule has 0 unspecified atom stereocenters. The monoisotopic (exact) mass is 268 g/mol. The molecule has 1 saturated carbocycles. The molecule has 19 heavy (non-hydrogen) atoms. The van der Waals surface area contributed by atoms with Crippen LogP contribution in [0.15, 0.2) is 0 Å². The van der Waals surface area contributed by atoms with Gasteiger partial charge in [0.2, 0.25) is 5.91 Å². The van der Waals surface area contributed by atoms with Gasteiger partial charge in [-0.2, -0.15) is 0 Å². The van der Waals surface area contributed by atoms with Crippen molar-refractivity contribution in [3.05, 3.63) is 0 Å². The van der Waals surface area contributed by atoms with Gasteiger partial charge in [0.05, 0.1) is 6.54 Å². The van der Waals surface area contributed by atoms with E-state index in [-0.39, 0.29) is 5.91 Å². The normalized spacial score (nSPS) is 22.0. The van der Waals surface area contributed by atoms with Gasteiger partial charge < -0.3 is 15.5 Å². The first-order valence-corrected chi connectivity index (χ1v) is 7.66. The Morgan fingerprint density at radius 1 is 1.32 bits per heavy atom. The molecule has 1 aliphatic carbocycles. The van der Waals surface area contributed by atoms with Gasteiger partial charge in [0, 0.05) is 45.3 Å². The topological polar surface area (TPSA) is 47.6 Å². The van der Waals surface area contributed by atoms with E-state index in [4.69, 9.17) is 0 Å². The Morgan fingerprint density at radius 2 is 2.00 bits per heavy atom. The van der Waals surface area contributed by atoms with Gasteiger partial charge >= 0.3 is 0 Å². The molecule has 0 aromatic heterocycles. The van der Waals surface area contributed by atoms with Crippen LogP contribution < -0.4 is 10.6 Å². The third kappa shape index (κ3) is 5.09. The molecule has 1 aliphatic heterocycles. The summed E-state index contributed by atoms with van der Waals surface area (Å²) in [5.41, 5.74) is 0. The van der Waals surface area contributed by atoms with Crippen LogP contribution in [-0.4, -0.2) is 74.6 Å². The van der Waals surface area contributed by atoms with Crippen LogP contribution in [0.1, 0.15) is 25.7 Å². The largest absolute Gasteiger partial charge is 0.354 e. The Hall–Kier alpha value is -0.650. The van der Waals surface area contributed by atoms with Crippen LogP contribution in [0.5, 0.6) is 0 Å². The summed E-state index contributed by atoms with van der Waals surface area (Å²) in [7, 11) is 2.18. The van der Waals surface area contributed by atoms with Crippen LogP contribution in [0.2, 0.25) is 0 Å². The number of piperazine rings is 1. The second-order valence-corrected chi connectivity index (χ2v) is 5.79. The highest BCUT2D eigenvalue weighted by atomic mass is 16.2. The highest BCUT2D eigenvalue weighted by Crippen LogP contribution is 2.21. The average molecular weight is 268 g/mol. The van der Waals surface area contributed by atoms with Crippen molar-refractivity contribution >= 4 is 5.91 Å². The molecular weight excluding hydrogens is 240 g/mol. The van der Waals surface area contributed by atoms with E-state index in [0.717, 1.165) is 45.3 Å². The van der Waals surface area contributed by atoms with Gasteiger partial charge in [-0.3, -0.25) is 9.69 Å². The Bertz CT molecular complexity index is 273. The molecule has 2 aliphatic rings. The van der Waals surface area contributed by atoms with Gasteiger partial charge in [-0.15, -0.1) is 0 Å². The van der Waals surface area contributed by atoms with E-state index in [9.17, 15) is 4.79 Å². The maximum atomic E-state index is 11.8. The fourth-order valence-electron chi connectivity index (χ4n) is 3.03. The van der Waals surface area contributed by atoms with Gasteiger partial charge in [0.1, 0.15) is 0 Å². The van der Waals surface area contributed by atoms with Crippen LogP contribution in [0, 0.1) is 0 Å². The standard InChI is InChI=1S/C14H28N4O/c1-17(13-4-2-3-5-13)9-8-16-14(19)12-18-10-6-15-7-11-18/h13,15H,2-12H2,1H3,(H,16,19). The molecule has 2 fully saturated rings. The van der Waals surface area contributed by atoms with Crippen LogP contribution in [0.3, 0.4) is 0 Å². The zero-order valence-electron chi connectivity index (χ0n) is 12.2. The lowest BCUT2D eigenvalue weighted by Gasteiger charge is -2.27. The Labute approximate surface area is 116 Å². The summed E-state index contributed by atoms with van der Waals surface area (Å²) < 4.78 is 0. The molecule has 5 nitrogen and oxygen atoms in total. The Kier molecular flexibility index (Phi) is 6.07. The van der Waals surface area contributed by atoms with Crippen molar-refractivity contribution in [2.75, 3.05) is 52.9 Å². The van der Waals surface area contributed by atoms with Crippen molar-refractivity contribution in [2.24, 2.45) is 0 Å². The number of rotatable bonds is 6. The SMILES string of the molecule is CN(CCNC(=O)CN1CCNCC1)C1CCCC1. The summed E-state index contributed by atoms with van der Waals surface area (Å²) in [5, 5.41) is 6.34. The lowest BCUT2D eigenvalue weighted by Crippen LogP contribution is -2.48. The van der Waals surface area contributed by atoms with E-state index in [1.165, 1.54) is 25.7 Å². The number of nitrogens with zero attached hydrogens (tertiary/aromatic N) is 2. The molecular formula is C14H28N4O. The molecule has 1 heterocycles. The maximum Gasteiger partial charge on any atom is 0.234 e. The minimum absolute atomic E-state index is 0.168. The van der Waals surface area contributed by atoms with Crippen molar-refractivity contribution < 1.29 is 4.79 Å². The zero-order valence-corrected chi connectivity index (χ0v) is 12.2. The second kappa shape index (κ2) is 7.82. The first kappa shape index (κ1) is 14.8. The third-order valence-electron chi connectivity index (χ3n) is 4.31. The van der Waals surface area contributed by atoms with Gasteiger partial charge in [0.15, 0.2) is 0 Å². The summed E-state index contributed by atoms with van der Waals surface area (Å²) in [6.45, 7) is 6.25. The lowest BCUT2D eigenvalue weighted by atomic mass is 10.2. The van der Waals surface area contributed by atoms with Gasteiger partial charge in [0.25, 0.3) is 0 Å². The molecule has 0 radical (unpaired) electrons.